The Morgan fingerprint density at radius 3 is 3.07 bits per heavy atom. The Hall–Kier alpha value is -0.970. The molecule has 1 heterocycles. The molecule has 1 aliphatic rings. The molecular formula is C10H12ClNO3. The van der Waals surface area contributed by atoms with Gasteiger partial charge in [-0.2, -0.15) is 0 Å². The van der Waals surface area contributed by atoms with Gasteiger partial charge in [-0.05, 0) is 30.5 Å². The number of rotatable bonds is 3. The lowest BCUT2D eigenvalue weighted by molar-refractivity contribution is 0.141. The van der Waals surface area contributed by atoms with E-state index in [-0.39, 0.29) is 6.79 Å². The first-order chi connectivity index (χ1) is 7.24. The number of ether oxygens (including phenoxy) is 2. The molecule has 0 aromatic heterocycles. The number of hydrogen-bond donors (Lipinski definition) is 1. The molecule has 0 atom stereocenters. The molecule has 0 unspecified atom stereocenters. The molecule has 2 rings (SSSR count). The Morgan fingerprint density at radius 2 is 2.33 bits per heavy atom. The van der Waals surface area contributed by atoms with Gasteiger partial charge in [-0.1, -0.05) is 11.6 Å². The molecule has 0 amide bonds. The third-order valence-electron chi connectivity index (χ3n) is 2.45. The molecule has 4 nitrogen and oxygen atoms in total. The summed E-state index contributed by atoms with van der Waals surface area (Å²) in [4.78, 5) is 4.54. The highest BCUT2D eigenvalue weighted by Gasteiger charge is 2.20. The Balaban J connectivity index is 2.36. The zero-order valence-corrected chi connectivity index (χ0v) is 9.13. The minimum absolute atomic E-state index is 0.228. The molecule has 2 N–H and O–H groups in total. The van der Waals surface area contributed by atoms with Crippen molar-refractivity contribution in [3.8, 4) is 11.5 Å². The van der Waals surface area contributed by atoms with E-state index in [9.17, 15) is 0 Å². The molecule has 1 aliphatic heterocycles. The fraction of sp³-hybridized carbons (Fsp3) is 0.400. The molecule has 0 radical (unpaired) electrons. The molecule has 1 aromatic carbocycles. The van der Waals surface area contributed by atoms with Crippen LogP contribution in [0.1, 0.15) is 11.1 Å². The Bertz CT molecular complexity index is 381. The van der Waals surface area contributed by atoms with Crippen LogP contribution in [0.15, 0.2) is 6.07 Å². The molecule has 0 spiro atoms. The second kappa shape index (κ2) is 4.26. The van der Waals surface area contributed by atoms with E-state index < -0.39 is 0 Å². The van der Waals surface area contributed by atoms with E-state index in [2.05, 4.69) is 4.84 Å². The zero-order valence-electron chi connectivity index (χ0n) is 8.38. The molecule has 0 fully saturated rings. The zero-order chi connectivity index (χ0) is 10.8. The normalized spacial score (nSPS) is 13.3. The van der Waals surface area contributed by atoms with Gasteiger partial charge in [0.15, 0.2) is 11.5 Å². The summed E-state index contributed by atoms with van der Waals surface area (Å²) in [6.45, 7) is 2.62. The van der Waals surface area contributed by atoms with Gasteiger partial charge in [-0.15, -0.1) is 0 Å². The third-order valence-corrected chi connectivity index (χ3v) is 2.90. The van der Waals surface area contributed by atoms with Crippen LogP contribution >= 0.6 is 11.6 Å². The first kappa shape index (κ1) is 10.5. The highest BCUT2D eigenvalue weighted by atomic mass is 35.5. The van der Waals surface area contributed by atoms with E-state index in [1.54, 1.807) is 0 Å². The van der Waals surface area contributed by atoms with E-state index in [1.165, 1.54) is 0 Å². The van der Waals surface area contributed by atoms with Crippen LogP contribution in [0.3, 0.4) is 0 Å². The second-order valence-corrected chi connectivity index (χ2v) is 3.71. The lowest BCUT2D eigenvalue weighted by atomic mass is 10.1. The summed E-state index contributed by atoms with van der Waals surface area (Å²) in [7, 11) is 0. The largest absolute Gasteiger partial charge is 0.454 e. The minimum atomic E-state index is 0.228. The van der Waals surface area contributed by atoms with Crippen LogP contribution in [0.4, 0.5) is 0 Å². The quantitative estimate of drug-likeness (QED) is 0.804. The van der Waals surface area contributed by atoms with Crippen LogP contribution in [0.5, 0.6) is 11.5 Å². The van der Waals surface area contributed by atoms with Crippen molar-refractivity contribution in [3.63, 3.8) is 0 Å². The maximum absolute atomic E-state index is 6.15. The van der Waals surface area contributed by atoms with E-state index in [0.29, 0.717) is 29.5 Å². The van der Waals surface area contributed by atoms with Crippen molar-refractivity contribution >= 4 is 11.6 Å². The van der Waals surface area contributed by atoms with Crippen LogP contribution in [0.25, 0.3) is 0 Å². The highest BCUT2D eigenvalue weighted by molar-refractivity contribution is 6.33. The fourth-order valence-electron chi connectivity index (χ4n) is 1.57. The number of nitrogens with two attached hydrogens (primary N) is 1. The second-order valence-electron chi connectivity index (χ2n) is 3.33. The average molecular weight is 230 g/mol. The summed E-state index contributed by atoms with van der Waals surface area (Å²) in [5.41, 5.74) is 2.05. The van der Waals surface area contributed by atoms with Gasteiger partial charge in [0.2, 0.25) is 6.79 Å². The maximum Gasteiger partial charge on any atom is 0.231 e. The SMILES string of the molecule is Cc1c(CCON)cc2c(c1Cl)OCO2. The molecule has 15 heavy (non-hydrogen) atoms. The van der Waals surface area contributed by atoms with E-state index in [1.807, 2.05) is 13.0 Å². The molecule has 5 heteroatoms. The lowest BCUT2D eigenvalue weighted by Gasteiger charge is -2.09. The molecular weight excluding hydrogens is 218 g/mol. The Kier molecular flexibility index (Phi) is 3.00. The van der Waals surface area contributed by atoms with Crippen LogP contribution in [-0.4, -0.2) is 13.4 Å². The van der Waals surface area contributed by atoms with Crippen molar-refractivity contribution in [2.75, 3.05) is 13.4 Å². The van der Waals surface area contributed by atoms with Crippen LogP contribution in [0.2, 0.25) is 5.02 Å². The molecule has 0 saturated carbocycles. The summed E-state index contributed by atoms with van der Waals surface area (Å²) in [6, 6.07) is 1.92. The molecule has 0 saturated heterocycles. The third kappa shape index (κ3) is 1.88. The van der Waals surface area contributed by atoms with Crippen LogP contribution in [0, 0.1) is 6.92 Å². The van der Waals surface area contributed by atoms with Crippen molar-refractivity contribution in [1.82, 2.24) is 0 Å². The monoisotopic (exact) mass is 229 g/mol. The fourth-order valence-corrected chi connectivity index (χ4v) is 1.84. The average Bonchev–Trinajstić information content (AvgIpc) is 2.69. The van der Waals surface area contributed by atoms with E-state index >= 15 is 0 Å². The van der Waals surface area contributed by atoms with Crippen LogP contribution < -0.4 is 15.4 Å². The van der Waals surface area contributed by atoms with Gasteiger partial charge in [0, 0.05) is 0 Å². The van der Waals surface area contributed by atoms with Gasteiger partial charge in [-0.25, -0.2) is 5.90 Å². The lowest BCUT2D eigenvalue weighted by Crippen LogP contribution is -2.05. The van der Waals surface area contributed by atoms with Gasteiger partial charge in [0.05, 0.1) is 11.6 Å². The summed E-state index contributed by atoms with van der Waals surface area (Å²) in [5.74, 6) is 6.31. The summed E-state index contributed by atoms with van der Waals surface area (Å²) >= 11 is 6.15. The Labute approximate surface area is 92.8 Å². The van der Waals surface area contributed by atoms with Gasteiger partial charge >= 0.3 is 0 Å². The Morgan fingerprint density at radius 1 is 1.53 bits per heavy atom. The maximum atomic E-state index is 6.15. The minimum Gasteiger partial charge on any atom is -0.454 e. The molecule has 0 bridgehead atoms. The van der Waals surface area contributed by atoms with Gasteiger partial charge in [0.25, 0.3) is 0 Å². The van der Waals surface area contributed by atoms with E-state index in [4.69, 9.17) is 27.0 Å². The topological polar surface area (TPSA) is 53.7 Å². The summed E-state index contributed by atoms with van der Waals surface area (Å²) in [5, 5.41) is 0.608. The highest BCUT2D eigenvalue weighted by Crippen LogP contribution is 2.42. The first-order valence-corrected chi connectivity index (χ1v) is 5.01. The van der Waals surface area contributed by atoms with E-state index in [0.717, 1.165) is 11.1 Å². The number of benzene rings is 1. The predicted octanol–water partition coefficient (Wildman–Crippen LogP) is 1.81. The van der Waals surface area contributed by atoms with Crippen LogP contribution in [-0.2, 0) is 11.3 Å². The standard InChI is InChI=1S/C10H12ClNO3/c1-6-7(2-3-15-12)4-8-10(9(6)11)14-5-13-8/h4H,2-3,5,12H2,1H3. The van der Waals surface area contributed by atoms with Crippen molar-refractivity contribution in [3.05, 3.63) is 22.2 Å². The van der Waals surface area contributed by atoms with Crippen molar-refractivity contribution in [2.24, 2.45) is 5.90 Å². The first-order valence-electron chi connectivity index (χ1n) is 4.63. The summed E-state index contributed by atoms with van der Waals surface area (Å²) in [6.07, 6.45) is 0.707. The smallest absolute Gasteiger partial charge is 0.231 e. The molecule has 1 aromatic rings. The van der Waals surface area contributed by atoms with Crippen molar-refractivity contribution < 1.29 is 14.3 Å². The number of halogens is 1. The molecule has 82 valence electrons. The predicted molar refractivity (Wildman–Crippen MR) is 56.2 cm³/mol. The number of fused-ring (bicyclic) bond motifs is 1. The van der Waals surface area contributed by atoms with Gasteiger partial charge in [0.1, 0.15) is 0 Å². The van der Waals surface area contributed by atoms with Crippen molar-refractivity contribution in [1.29, 1.82) is 0 Å². The van der Waals surface area contributed by atoms with Crippen molar-refractivity contribution in [2.45, 2.75) is 13.3 Å². The van der Waals surface area contributed by atoms with Gasteiger partial charge < -0.3 is 14.3 Å². The number of hydrogen-bond acceptors (Lipinski definition) is 4. The van der Waals surface area contributed by atoms with Gasteiger partial charge in [-0.3, -0.25) is 0 Å². The summed E-state index contributed by atoms with van der Waals surface area (Å²) < 4.78 is 10.5. The molecule has 0 aliphatic carbocycles.